The number of aromatic nitrogens is 3. The molecule has 0 aliphatic rings. The molecule has 0 atom stereocenters. The van der Waals surface area contributed by atoms with E-state index >= 15 is 0 Å². The topological polar surface area (TPSA) is 67.1 Å². The van der Waals surface area contributed by atoms with Crippen LogP contribution < -0.4 is 10.6 Å². The monoisotopic (exact) mass is 224 g/mol. The molecule has 0 fully saturated rings. The number of hydrogen-bond acceptors (Lipinski definition) is 3. The standard InChI is InChI=1S/C10H20N6/c1-8(2)5-12-10(11-3)13-6-9-14-7-15-16(9)4/h7-8H,5-6H2,1-4H3,(H2,11,12,13). The van der Waals surface area contributed by atoms with Crippen molar-refractivity contribution in [3.63, 3.8) is 0 Å². The number of hydrogen-bond donors (Lipinski definition) is 2. The first kappa shape index (κ1) is 12.5. The molecule has 0 amide bonds. The summed E-state index contributed by atoms with van der Waals surface area (Å²) < 4.78 is 1.74. The molecule has 0 aromatic carbocycles. The predicted molar refractivity (Wildman–Crippen MR) is 64.0 cm³/mol. The van der Waals surface area contributed by atoms with Crippen LogP contribution in [0.15, 0.2) is 11.3 Å². The Labute approximate surface area is 96.2 Å². The van der Waals surface area contributed by atoms with Crippen LogP contribution in [-0.4, -0.2) is 34.3 Å². The van der Waals surface area contributed by atoms with E-state index in [2.05, 4.69) is 39.6 Å². The minimum absolute atomic E-state index is 0.591. The van der Waals surface area contributed by atoms with Crippen molar-refractivity contribution in [2.24, 2.45) is 18.0 Å². The summed E-state index contributed by atoms with van der Waals surface area (Å²) in [5.41, 5.74) is 0. The molecule has 90 valence electrons. The van der Waals surface area contributed by atoms with Gasteiger partial charge in [0.25, 0.3) is 0 Å². The summed E-state index contributed by atoms with van der Waals surface area (Å²) in [5, 5.41) is 10.4. The Balaban J connectivity index is 2.38. The van der Waals surface area contributed by atoms with Crippen LogP contribution >= 0.6 is 0 Å². The van der Waals surface area contributed by atoms with Crippen molar-refractivity contribution in [2.75, 3.05) is 13.6 Å². The van der Waals surface area contributed by atoms with E-state index in [1.54, 1.807) is 18.1 Å². The zero-order valence-electron chi connectivity index (χ0n) is 10.4. The Morgan fingerprint density at radius 1 is 1.50 bits per heavy atom. The van der Waals surface area contributed by atoms with Crippen LogP contribution in [0.3, 0.4) is 0 Å². The van der Waals surface area contributed by atoms with Gasteiger partial charge in [0, 0.05) is 20.6 Å². The summed E-state index contributed by atoms with van der Waals surface area (Å²) in [5.74, 6) is 2.26. The Hall–Kier alpha value is -1.59. The van der Waals surface area contributed by atoms with E-state index in [-0.39, 0.29) is 0 Å². The lowest BCUT2D eigenvalue weighted by Crippen LogP contribution is -2.39. The van der Waals surface area contributed by atoms with Crippen molar-refractivity contribution < 1.29 is 0 Å². The number of nitrogens with one attached hydrogen (secondary N) is 2. The lowest BCUT2D eigenvalue weighted by Gasteiger charge is -2.12. The van der Waals surface area contributed by atoms with Gasteiger partial charge in [-0.15, -0.1) is 0 Å². The highest BCUT2D eigenvalue weighted by Gasteiger charge is 2.02. The molecule has 1 aromatic rings. The van der Waals surface area contributed by atoms with Gasteiger partial charge >= 0.3 is 0 Å². The van der Waals surface area contributed by atoms with Crippen molar-refractivity contribution in [2.45, 2.75) is 20.4 Å². The second kappa shape index (κ2) is 6.09. The molecule has 0 aliphatic carbocycles. The molecule has 0 bridgehead atoms. The fourth-order valence-corrected chi connectivity index (χ4v) is 1.16. The van der Waals surface area contributed by atoms with Gasteiger partial charge < -0.3 is 10.6 Å². The lowest BCUT2D eigenvalue weighted by molar-refractivity contribution is 0.609. The molecule has 0 unspecified atom stereocenters. The zero-order chi connectivity index (χ0) is 12.0. The summed E-state index contributed by atoms with van der Waals surface area (Å²) >= 11 is 0. The largest absolute Gasteiger partial charge is 0.356 e. The number of rotatable bonds is 4. The van der Waals surface area contributed by atoms with Gasteiger partial charge in [-0.2, -0.15) is 5.10 Å². The third kappa shape index (κ3) is 3.88. The summed E-state index contributed by atoms with van der Waals surface area (Å²) in [6.07, 6.45) is 1.54. The average Bonchev–Trinajstić information content (AvgIpc) is 2.64. The van der Waals surface area contributed by atoms with E-state index in [0.29, 0.717) is 12.5 Å². The Morgan fingerprint density at radius 2 is 2.25 bits per heavy atom. The van der Waals surface area contributed by atoms with Crippen LogP contribution in [0.25, 0.3) is 0 Å². The van der Waals surface area contributed by atoms with E-state index in [1.165, 1.54) is 0 Å². The van der Waals surface area contributed by atoms with Crippen molar-refractivity contribution in [3.8, 4) is 0 Å². The van der Waals surface area contributed by atoms with Crippen LogP contribution in [0.2, 0.25) is 0 Å². The quantitative estimate of drug-likeness (QED) is 0.564. The Morgan fingerprint density at radius 3 is 2.75 bits per heavy atom. The number of aliphatic imine (C=N–C) groups is 1. The van der Waals surface area contributed by atoms with Gasteiger partial charge in [0.15, 0.2) is 5.96 Å². The predicted octanol–water partition coefficient (Wildman–Crippen LogP) is 0.136. The van der Waals surface area contributed by atoms with Crippen molar-refractivity contribution in [3.05, 3.63) is 12.2 Å². The van der Waals surface area contributed by atoms with Gasteiger partial charge in [0.05, 0.1) is 6.54 Å². The molecule has 6 nitrogen and oxygen atoms in total. The highest BCUT2D eigenvalue weighted by Crippen LogP contribution is 1.90. The second-order valence-corrected chi connectivity index (χ2v) is 4.00. The number of nitrogens with zero attached hydrogens (tertiary/aromatic N) is 4. The van der Waals surface area contributed by atoms with Crippen LogP contribution in [0.1, 0.15) is 19.7 Å². The number of aryl methyl sites for hydroxylation is 1. The van der Waals surface area contributed by atoms with Crippen molar-refractivity contribution in [1.29, 1.82) is 0 Å². The van der Waals surface area contributed by atoms with E-state index in [4.69, 9.17) is 0 Å². The SMILES string of the molecule is CN=C(NCc1ncnn1C)NCC(C)C. The lowest BCUT2D eigenvalue weighted by atomic mass is 10.2. The fraction of sp³-hybridized carbons (Fsp3) is 0.700. The molecule has 2 N–H and O–H groups in total. The first-order valence-corrected chi connectivity index (χ1v) is 5.41. The molecule has 1 aromatic heterocycles. The van der Waals surface area contributed by atoms with Gasteiger partial charge in [0.1, 0.15) is 12.2 Å². The molecule has 0 saturated carbocycles. The molecule has 0 saturated heterocycles. The average molecular weight is 224 g/mol. The van der Waals surface area contributed by atoms with E-state index in [1.807, 2.05) is 7.05 Å². The van der Waals surface area contributed by atoms with E-state index in [0.717, 1.165) is 18.3 Å². The maximum Gasteiger partial charge on any atom is 0.191 e. The zero-order valence-corrected chi connectivity index (χ0v) is 10.4. The van der Waals surface area contributed by atoms with Crippen molar-refractivity contribution >= 4 is 5.96 Å². The van der Waals surface area contributed by atoms with Crippen molar-refractivity contribution in [1.82, 2.24) is 25.4 Å². The van der Waals surface area contributed by atoms with E-state index in [9.17, 15) is 0 Å². The highest BCUT2D eigenvalue weighted by molar-refractivity contribution is 5.79. The van der Waals surface area contributed by atoms with Crippen LogP contribution in [0.5, 0.6) is 0 Å². The first-order valence-electron chi connectivity index (χ1n) is 5.41. The molecular formula is C10H20N6. The van der Waals surface area contributed by atoms with Gasteiger partial charge in [-0.3, -0.25) is 9.67 Å². The molecule has 0 aliphatic heterocycles. The number of guanidine groups is 1. The molecule has 6 heteroatoms. The van der Waals surface area contributed by atoms with E-state index < -0.39 is 0 Å². The Kier molecular flexibility index (Phi) is 4.75. The highest BCUT2D eigenvalue weighted by atomic mass is 15.3. The fourth-order valence-electron chi connectivity index (χ4n) is 1.16. The van der Waals surface area contributed by atoms with Gasteiger partial charge in [-0.1, -0.05) is 13.8 Å². The van der Waals surface area contributed by atoms with Crippen LogP contribution in [-0.2, 0) is 13.6 Å². The maximum absolute atomic E-state index is 4.13. The second-order valence-electron chi connectivity index (χ2n) is 4.00. The van der Waals surface area contributed by atoms with Crippen LogP contribution in [0.4, 0.5) is 0 Å². The summed E-state index contributed by atoms with van der Waals surface area (Å²) in [6.45, 7) is 5.83. The summed E-state index contributed by atoms with van der Waals surface area (Å²) in [7, 11) is 3.63. The molecule has 0 radical (unpaired) electrons. The van der Waals surface area contributed by atoms with Gasteiger partial charge in [0.2, 0.25) is 0 Å². The molecule has 1 rings (SSSR count). The Bertz CT molecular complexity index is 341. The maximum atomic E-state index is 4.13. The molecule has 1 heterocycles. The minimum Gasteiger partial charge on any atom is -0.356 e. The van der Waals surface area contributed by atoms with Gasteiger partial charge in [-0.25, -0.2) is 4.98 Å². The molecular weight excluding hydrogens is 204 g/mol. The van der Waals surface area contributed by atoms with Crippen LogP contribution in [0, 0.1) is 5.92 Å². The first-order chi connectivity index (χ1) is 7.63. The molecule has 16 heavy (non-hydrogen) atoms. The summed E-state index contributed by atoms with van der Waals surface area (Å²) in [4.78, 5) is 8.25. The third-order valence-corrected chi connectivity index (χ3v) is 2.12. The normalized spacial score (nSPS) is 11.9. The van der Waals surface area contributed by atoms with Gasteiger partial charge in [-0.05, 0) is 5.92 Å². The smallest absolute Gasteiger partial charge is 0.191 e. The third-order valence-electron chi connectivity index (χ3n) is 2.12. The minimum atomic E-state index is 0.591. The summed E-state index contributed by atoms with van der Waals surface area (Å²) in [6, 6.07) is 0. The molecule has 0 spiro atoms.